The average molecular weight is 397 g/mol. The summed E-state index contributed by atoms with van der Waals surface area (Å²) >= 11 is 0. The van der Waals surface area contributed by atoms with Gasteiger partial charge in [0.1, 0.15) is 0 Å². The Morgan fingerprint density at radius 2 is 1.85 bits per heavy atom. The lowest BCUT2D eigenvalue weighted by molar-refractivity contribution is -0.131. The number of methoxy groups -OCH3 is 2. The lowest BCUT2D eigenvalue weighted by Gasteiger charge is -2.27. The summed E-state index contributed by atoms with van der Waals surface area (Å²) < 4.78 is 12.0. The molecule has 1 aromatic carbocycles. The molecule has 0 bridgehead atoms. The predicted molar refractivity (Wildman–Crippen MR) is 105 cm³/mol. The Kier molecular flexibility index (Phi) is 7.44. The zero-order chi connectivity index (χ0) is 18.5. The van der Waals surface area contributed by atoms with Crippen LogP contribution < -0.4 is 20.3 Å². The van der Waals surface area contributed by atoms with Crippen molar-refractivity contribution >= 4 is 29.2 Å². The van der Waals surface area contributed by atoms with E-state index in [1.54, 1.807) is 23.8 Å². The van der Waals surface area contributed by atoms with Crippen LogP contribution in [0.5, 0.6) is 11.5 Å². The van der Waals surface area contributed by atoms with Crippen molar-refractivity contribution in [3.63, 3.8) is 0 Å². The number of nitrogens with zero attached hydrogens (tertiary/aromatic N) is 3. The van der Waals surface area contributed by atoms with Crippen LogP contribution >= 0.6 is 12.4 Å². The van der Waals surface area contributed by atoms with E-state index < -0.39 is 0 Å². The number of carbonyl (C=O) groups excluding carboxylic acids is 1. The Bertz CT molecular complexity index is 849. The van der Waals surface area contributed by atoms with E-state index in [9.17, 15) is 9.59 Å². The van der Waals surface area contributed by atoms with Crippen molar-refractivity contribution in [1.82, 2.24) is 19.8 Å². The molecule has 1 saturated heterocycles. The van der Waals surface area contributed by atoms with Crippen LogP contribution in [0, 0.1) is 0 Å². The number of piperazine rings is 1. The van der Waals surface area contributed by atoms with Gasteiger partial charge in [0, 0.05) is 45.2 Å². The van der Waals surface area contributed by atoms with E-state index in [1.165, 1.54) is 13.4 Å². The van der Waals surface area contributed by atoms with Gasteiger partial charge in [0.25, 0.3) is 5.56 Å². The summed E-state index contributed by atoms with van der Waals surface area (Å²) in [4.78, 5) is 31.1. The van der Waals surface area contributed by atoms with Gasteiger partial charge < -0.3 is 19.7 Å². The molecule has 3 rings (SSSR count). The highest BCUT2D eigenvalue weighted by atomic mass is 35.5. The molecule has 1 amide bonds. The van der Waals surface area contributed by atoms with Gasteiger partial charge in [0.2, 0.25) is 5.91 Å². The number of nitrogens with one attached hydrogen (secondary N) is 1. The summed E-state index contributed by atoms with van der Waals surface area (Å²) in [6.45, 7) is 3.63. The van der Waals surface area contributed by atoms with Gasteiger partial charge in [-0.1, -0.05) is 0 Å². The zero-order valence-electron chi connectivity index (χ0n) is 15.6. The van der Waals surface area contributed by atoms with E-state index in [0.29, 0.717) is 41.8 Å². The molecule has 1 aliphatic rings. The lowest BCUT2D eigenvalue weighted by Crippen LogP contribution is -2.46. The smallest absolute Gasteiger partial charge is 0.261 e. The van der Waals surface area contributed by atoms with Crippen LogP contribution in [-0.4, -0.2) is 60.8 Å². The third-order valence-corrected chi connectivity index (χ3v) is 4.59. The SMILES string of the molecule is COc1cc2ncn(CCCC(=O)N3CCNCC3)c(=O)c2cc1OC.Cl. The number of aryl methyl sites for hydroxylation is 1. The maximum atomic E-state index is 12.7. The number of aromatic nitrogens is 2. The number of halogens is 1. The van der Waals surface area contributed by atoms with E-state index in [1.807, 2.05) is 4.90 Å². The second-order valence-corrected chi connectivity index (χ2v) is 6.20. The minimum absolute atomic E-state index is 0. The van der Waals surface area contributed by atoms with Crippen LogP contribution in [-0.2, 0) is 11.3 Å². The molecule has 2 aromatic rings. The van der Waals surface area contributed by atoms with E-state index in [4.69, 9.17) is 9.47 Å². The Hall–Kier alpha value is -2.32. The molecule has 1 fully saturated rings. The molecule has 148 valence electrons. The number of ether oxygens (including phenoxy) is 2. The van der Waals surface area contributed by atoms with Gasteiger partial charge in [-0.2, -0.15) is 0 Å². The maximum absolute atomic E-state index is 12.7. The van der Waals surface area contributed by atoms with E-state index in [0.717, 1.165) is 26.2 Å². The van der Waals surface area contributed by atoms with Gasteiger partial charge in [0.05, 0.1) is 31.4 Å². The van der Waals surface area contributed by atoms with Crippen LogP contribution in [0.3, 0.4) is 0 Å². The summed E-state index contributed by atoms with van der Waals surface area (Å²) in [7, 11) is 3.07. The molecule has 1 aliphatic heterocycles. The Morgan fingerprint density at radius 3 is 2.52 bits per heavy atom. The first-order chi connectivity index (χ1) is 12.6. The number of hydrogen-bond acceptors (Lipinski definition) is 6. The molecule has 1 aromatic heterocycles. The fourth-order valence-corrected chi connectivity index (χ4v) is 3.12. The first-order valence-electron chi connectivity index (χ1n) is 8.73. The second kappa shape index (κ2) is 9.57. The van der Waals surface area contributed by atoms with Crippen LogP contribution in [0.25, 0.3) is 10.9 Å². The summed E-state index contributed by atoms with van der Waals surface area (Å²) in [5, 5.41) is 3.70. The van der Waals surface area contributed by atoms with Crippen LogP contribution in [0.2, 0.25) is 0 Å². The average Bonchev–Trinajstić information content (AvgIpc) is 2.69. The molecular formula is C18H25ClN4O4. The minimum atomic E-state index is -0.148. The number of amides is 1. The summed E-state index contributed by atoms with van der Waals surface area (Å²) in [5.74, 6) is 1.16. The van der Waals surface area contributed by atoms with Gasteiger partial charge in [0.15, 0.2) is 11.5 Å². The summed E-state index contributed by atoms with van der Waals surface area (Å²) in [5.41, 5.74) is 0.409. The van der Waals surface area contributed by atoms with Crippen LogP contribution in [0.15, 0.2) is 23.3 Å². The molecule has 8 nitrogen and oxygen atoms in total. The van der Waals surface area contributed by atoms with Crippen LogP contribution in [0.1, 0.15) is 12.8 Å². The summed E-state index contributed by atoms with van der Waals surface area (Å²) in [6, 6.07) is 3.33. The van der Waals surface area contributed by atoms with E-state index in [2.05, 4.69) is 10.3 Å². The lowest BCUT2D eigenvalue weighted by atomic mass is 10.2. The molecule has 0 aliphatic carbocycles. The molecule has 27 heavy (non-hydrogen) atoms. The Labute approximate surface area is 163 Å². The molecule has 0 atom stereocenters. The number of rotatable bonds is 6. The molecular weight excluding hydrogens is 372 g/mol. The molecule has 0 spiro atoms. The Balaban J connectivity index is 0.00000261. The molecule has 1 N–H and O–H groups in total. The van der Waals surface area contributed by atoms with E-state index in [-0.39, 0.29) is 23.9 Å². The number of fused-ring (bicyclic) bond motifs is 1. The standard InChI is InChI=1S/C18H24N4O4.ClH/c1-25-15-10-13-14(11-16(15)26-2)20-12-22(18(13)24)7-3-4-17(23)21-8-5-19-6-9-21;/h10-12,19H,3-9H2,1-2H3;1H. The van der Waals surface area contributed by atoms with Gasteiger partial charge in [-0.3, -0.25) is 14.2 Å². The van der Waals surface area contributed by atoms with Gasteiger partial charge in [-0.05, 0) is 12.5 Å². The van der Waals surface area contributed by atoms with Crippen molar-refractivity contribution in [2.75, 3.05) is 40.4 Å². The first kappa shape index (κ1) is 21.0. The second-order valence-electron chi connectivity index (χ2n) is 6.20. The monoisotopic (exact) mass is 396 g/mol. The molecule has 2 heterocycles. The first-order valence-corrected chi connectivity index (χ1v) is 8.73. The quantitative estimate of drug-likeness (QED) is 0.785. The molecule has 0 saturated carbocycles. The van der Waals surface area contributed by atoms with Crippen molar-refractivity contribution in [2.24, 2.45) is 0 Å². The largest absolute Gasteiger partial charge is 0.493 e. The highest BCUT2D eigenvalue weighted by Crippen LogP contribution is 2.29. The molecule has 9 heteroatoms. The van der Waals surface area contributed by atoms with Crippen LogP contribution in [0.4, 0.5) is 0 Å². The summed E-state index contributed by atoms with van der Waals surface area (Å²) in [6.07, 6.45) is 2.55. The zero-order valence-corrected chi connectivity index (χ0v) is 16.4. The highest BCUT2D eigenvalue weighted by molar-refractivity contribution is 5.85. The van der Waals surface area contributed by atoms with Crippen molar-refractivity contribution in [3.05, 3.63) is 28.8 Å². The van der Waals surface area contributed by atoms with Crippen molar-refractivity contribution in [3.8, 4) is 11.5 Å². The normalized spacial score (nSPS) is 13.9. The van der Waals surface area contributed by atoms with Crippen molar-refractivity contribution in [2.45, 2.75) is 19.4 Å². The van der Waals surface area contributed by atoms with Gasteiger partial charge in [-0.15, -0.1) is 12.4 Å². The topological polar surface area (TPSA) is 85.7 Å². The molecule has 0 radical (unpaired) electrons. The fourth-order valence-electron chi connectivity index (χ4n) is 3.12. The molecule has 0 unspecified atom stereocenters. The van der Waals surface area contributed by atoms with Crippen molar-refractivity contribution < 1.29 is 14.3 Å². The van der Waals surface area contributed by atoms with Crippen molar-refractivity contribution in [1.29, 1.82) is 0 Å². The number of hydrogen-bond donors (Lipinski definition) is 1. The highest BCUT2D eigenvalue weighted by Gasteiger charge is 2.16. The third kappa shape index (κ3) is 4.70. The van der Waals surface area contributed by atoms with Gasteiger partial charge in [-0.25, -0.2) is 4.98 Å². The van der Waals surface area contributed by atoms with Gasteiger partial charge >= 0.3 is 0 Å². The maximum Gasteiger partial charge on any atom is 0.261 e. The Morgan fingerprint density at radius 1 is 1.19 bits per heavy atom. The third-order valence-electron chi connectivity index (χ3n) is 4.59. The van der Waals surface area contributed by atoms with E-state index >= 15 is 0 Å². The number of benzene rings is 1. The fraction of sp³-hybridized carbons (Fsp3) is 0.500. The predicted octanol–water partition coefficient (Wildman–Crippen LogP) is 1.05. The minimum Gasteiger partial charge on any atom is -0.493 e. The number of carbonyl (C=O) groups is 1.